The standard InChI is InChI=1S/C60H41N3/c1-5-19-48(20-6-1)61(49-21-7-2-8-22-49)52-27-17-18-42(39-52)45-36-46(43-32-34-55-53-28-13-15-30-57(53)62(59(55)40-43)50-23-9-3-10-24-50)38-47(37-45)44-33-35-56-54-29-14-16-31-58(54)63(60(56)41-44)51-25-11-4-12-26-51/h1-41H. The molecule has 0 saturated carbocycles. The van der Waals surface area contributed by atoms with Crippen LogP contribution in [-0.2, 0) is 0 Å². The van der Waals surface area contributed by atoms with Gasteiger partial charge in [0, 0.05) is 50.0 Å². The van der Waals surface area contributed by atoms with Gasteiger partial charge in [0.1, 0.15) is 0 Å². The summed E-state index contributed by atoms with van der Waals surface area (Å²) in [7, 11) is 0. The zero-order valence-electron chi connectivity index (χ0n) is 34.5. The third-order valence-electron chi connectivity index (χ3n) is 12.4. The third-order valence-corrected chi connectivity index (χ3v) is 12.4. The van der Waals surface area contributed by atoms with Crippen LogP contribution in [0.4, 0.5) is 17.1 Å². The molecule has 0 aliphatic heterocycles. The number of benzene rings is 10. The maximum absolute atomic E-state index is 2.40. The van der Waals surface area contributed by atoms with Crippen LogP contribution in [0.2, 0.25) is 0 Å². The summed E-state index contributed by atoms with van der Waals surface area (Å²) in [5, 5.41) is 4.97. The first kappa shape index (κ1) is 36.5. The van der Waals surface area contributed by atoms with Gasteiger partial charge in [-0.1, -0.05) is 146 Å². The molecule has 3 nitrogen and oxygen atoms in total. The van der Waals surface area contributed by atoms with Crippen molar-refractivity contribution in [1.29, 1.82) is 0 Å². The van der Waals surface area contributed by atoms with E-state index < -0.39 is 0 Å². The maximum atomic E-state index is 2.40. The van der Waals surface area contributed by atoms with Crippen molar-refractivity contribution in [2.24, 2.45) is 0 Å². The van der Waals surface area contributed by atoms with Crippen molar-refractivity contribution < 1.29 is 0 Å². The van der Waals surface area contributed by atoms with E-state index in [0.29, 0.717) is 0 Å². The van der Waals surface area contributed by atoms with Crippen LogP contribution >= 0.6 is 0 Å². The Kier molecular flexibility index (Phi) is 8.83. The first-order valence-electron chi connectivity index (χ1n) is 21.6. The summed E-state index contributed by atoms with van der Waals surface area (Å²) in [6, 6.07) is 90.2. The maximum Gasteiger partial charge on any atom is 0.0547 e. The average molecular weight is 804 g/mol. The molecule has 63 heavy (non-hydrogen) atoms. The lowest BCUT2D eigenvalue weighted by atomic mass is 9.92. The van der Waals surface area contributed by atoms with E-state index >= 15 is 0 Å². The molecule has 2 heterocycles. The summed E-state index contributed by atoms with van der Waals surface area (Å²) in [6.07, 6.45) is 0. The first-order chi connectivity index (χ1) is 31.2. The fraction of sp³-hybridized carbons (Fsp3) is 0. The molecule has 0 N–H and O–H groups in total. The predicted molar refractivity (Wildman–Crippen MR) is 266 cm³/mol. The van der Waals surface area contributed by atoms with Gasteiger partial charge in [0.15, 0.2) is 0 Å². The Morgan fingerprint density at radius 2 is 0.587 bits per heavy atom. The highest BCUT2D eigenvalue weighted by Crippen LogP contribution is 2.42. The SMILES string of the molecule is c1ccc(N(c2ccccc2)c2cccc(-c3cc(-c4ccc5c6ccccc6n(-c6ccccc6)c5c4)cc(-c4ccc5c6ccccc6n(-c6ccccc6)c5c4)c3)c2)cc1. The normalized spacial score (nSPS) is 11.5. The van der Waals surface area contributed by atoms with E-state index in [2.05, 4.69) is 263 Å². The summed E-state index contributed by atoms with van der Waals surface area (Å²) in [4.78, 5) is 2.33. The van der Waals surface area contributed by atoms with Crippen molar-refractivity contribution in [2.75, 3.05) is 4.90 Å². The molecule has 0 aliphatic rings. The van der Waals surface area contributed by atoms with Crippen LogP contribution in [0.15, 0.2) is 249 Å². The number of rotatable bonds is 8. The second-order valence-corrected chi connectivity index (χ2v) is 16.2. The van der Waals surface area contributed by atoms with E-state index in [0.717, 1.165) is 61.8 Å². The molecular weight excluding hydrogens is 763 g/mol. The molecule has 0 atom stereocenters. The Hall–Kier alpha value is -8.40. The van der Waals surface area contributed by atoms with Crippen molar-refractivity contribution in [3.05, 3.63) is 249 Å². The van der Waals surface area contributed by atoms with Gasteiger partial charge in [-0.15, -0.1) is 0 Å². The quantitative estimate of drug-likeness (QED) is 0.149. The molecule has 3 heteroatoms. The number of hydrogen-bond acceptors (Lipinski definition) is 1. The van der Waals surface area contributed by atoms with E-state index in [1.165, 1.54) is 43.6 Å². The molecule has 0 spiro atoms. The van der Waals surface area contributed by atoms with Gasteiger partial charge in [-0.2, -0.15) is 0 Å². The fourth-order valence-electron chi connectivity index (χ4n) is 9.56. The topological polar surface area (TPSA) is 13.1 Å². The van der Waals surface area contributed by atoms with Crippen LogP contribution in [0.25, 0.3) is 88.4 Å². The van der Waals surface area contributed by atoms with E-state index in [1.54, 1.807) is 0 Å². The Balaban J connectivity index is 1.08. The highest BCUT2D eigenvalue weighted by atomic mass is 15.1. The summed E-state index contributed by atoms with van der Waals surface area (Å²) < 4.78 is 4.81. The Morgan fingerprint density at radius 1 is 0.222 bits per heavy atom. The van der Waals surface area contributed by atoms with Crippen molar-refractivity contribution in [1.82, 2.24) is 9.13 Å². The zero-order valence-corrected chi connectivity index (χ0v) is 34.5. The fourth-order valence-corrected chi connectivity index (χ4v) is 9.56. The van der Waals surface area contributed by atoms with Gasteiger partial charge in [-0.3, -0.25) is 0 Å². The molecule has 0 bridgehead atoms. The average Bonchev–Trinajstić information content (AvgIpc) is 3.87. The van der Waals surface area contributed by atoms with E-state index in [1.807, 2.05) is 0 Å². The second-order valence-electron chi connectivity index (χ2n) is 16.2. The van der Waals surface area contributed by atoms with E-state index in [-0.39, 0.29) is 0 Å². The predicted octanol–water partition coefficient (Wildman–Crippen LogP) is 16.4. The first-order valence-corrected chi connectivity index (χ1v) is 21.6. The summed E-state index contributed by atoms with van der Waals surface area (Å²) in [6.45, 7) is 0. The molecule has 12 rings (SSSR count). The molecule has 0 radical (unpaired) electrons. The van der Waals surface area contributed by atoms with Crippen LogP contribution < -0.4 is 4.90 Å². The molecule has 296 valence electrons. The Morgan fingerprint density at radius 3 is 1.05 bits per heavy atom. The van der Waals surface area contributed by atoms with Gasteiger partial charge >= 0.3 is 0 Å². The monoisotopic (exact) mass is 803 g/mol. The molecule has 10 aromatic carbocycles. The molecular formula is C60H41N3. The van der Waals surface area contributed by atoms with Gasteiger partial charge in [-0.05, 0) is 137 Å². The molecule has 12 aromatic rings. The minimum absolute atomic E-state index is 1.10. The van der Waals surface area contributed by atoms with E-state index in [4.69, 9.17) is 0 Å². The lowest BCUT2D eigenvalue weighted by Crippen LogP contribution is -2.09. The number of para-hydroxylation sites is 6. The number of anilines is 3. The number of aromatic nitrogens is 2. The Bertz CT molecular complexity index is 3390. The Labute approximate surface area is 366 Å². The van der Waals surface area contributed by atoms with Crippen LogP contribution in [0.1, 0.15) is 0 Å². The lowest BCUT2D eigenvalue weighted by molar-refractivity contribution is 1.18. The smallest absolute Gasteiger partial charge is 0.0547 e. The van der Waals surface area contributed by atoms with Gasteiger partial charge in [-0.25, -0.2) is 0 Å². The number of hydrogen-bond donors (Lipinski definition) is 0. The van der Waals surface area contributed by atoms with Gasteiger partial charge in [0.05, 0.1) is 22.1 Å². The second kappa shape index (κ2) is 15.3. The highest BCUT2D eigenvalue weighted by Gasteiger charge is 2.18. The zero-order chi connectivity index (χ0) is 41.7. The largest absolute Gasteiger partial charge is 0.310 e. The highest BCUT2D eigenvalue weighted by molar-refractivity contribution is 6.11. The third kappa shape index (κ3) is 6.38. The molecule has 2 aromatic heterocycles. The summed E-state index contributed by atoms with van der Waals surface area (Å²) >= 11 is 0. The van der Waals surface area contributed by atoms with Crippen LogP contribution in [0.5, 0.6) is 0 Å². The van der Waals surface area contributed by atoms with Crippen LogP contribution in [0, 0.1) is 0 Å². The molecule has 0 unspecified atom stereocenters. The molecule has 0 saturated heterocycles. The van der Waals surface area contributed by atoms with Crippen molar-refractivity contribution in [3.63, 3.8) is 0 Å². The molecule has 0 amide bonds. The number of fused-ring (bicyclic) bond motifs is 6. The van der Waals surface area contributed by atoms with Crippen LogP contribution in [0.3, 0.4) is 0 Å². The minimum Gasteiger partial charge on any atom is -0.310 e. The van der Waals surface area contributed by atoms with E-state index in [9.17, 15) is 0 Å². The van der Waals surface area contributed by atoms with Crippen molar-refractivity contribution >= 4 is 60.7 Å². The summed E-state index contributed by atoms with van der Waals surface area (Å²) in [5.41, 5.74) is 17.3. The summed E-state index contributed by atoms with van der Waals surface area (Å²) in [5.74, 6) is 0. The van der Waals surface area contributed by atoms with Gasteiger partial charge in [0.25, 0.3) is 0 Å². The van der Waals surface area contributed by atoms with Crippen LogP contribution in [-0.4, -0.2) is 9.13 Å². The van der Waals surface area contributed by atoms with Crippen molar-refractivity contribution in [2.45, 2.75) is 0 Å². The molecule has 0 aliphatic carbocycles. The molecule has 0 fully saturated rings. The van der Waals surface area contributed by atoms with Gasteiger partial charge < -0.3 is 14.0 Å². The van der Waals surface area contributed by atoms with Gasteiger partial charge in [0.2, 0.25) is 0 Å². The van der Waals surface area contributed by atoms with Crippen molar-refractivity contribution in [3.8, 4) is 44.8 Å². The lowest BCUT2D eigenvalue weighted by Gasteiger charge is -2.26. The number of nitrogens with zero attached hydrogens (tertiary/aromatic N) is 3. The minimum atomic E-state index is 1.10.